The van der Waals surface area contributed by atoms with Gasteiger partial charge in [0.2, 0.25) is 0 Å². The zero-order valence-corrected chi connectivity index (χ0v) is 21.2. The van der Waals surface area contributed by atoms with E-state index in [9.17, 15) is 18.0 Å². The van der Waals surface area contributed by atoms with E-state index in [0.717, 1.165) is 37.4 Å². The third-order valence-electron chi connectivity index (χ3n) is 6.97. The molecular formula is C25H38F3N5O2. The lowest BCUT2D eigenvalue weighted by Gasteiger charge is -2.53. The number of aromatic nitrogens is 1. The van der Waals surface area contributed by atoms with Gasteiger partial charge in [0.15, 0.2) is 0 Å². The molecule has 0 bridgehead atoms. The highest BCUT2D eigenvalue weighted by Crippen LogP contribution is 2.40. The van der Waals surface area contributed by atoms with E-state index in [1.807, 2.05) is 29.9 Å². The number of carbonyl (C=O) groups is 1. The number of carbonyl (C=O) groups excluding carboxylic acids is 1. The van der Waals surface area contributed by atoms with Crippen LogP contribution in [0.1, 0.15) is 52.5 Å². The first-order valence-electron chi connectivity index (χ1n) is 12.4. The summed E-state index contributed by atoms with van der Waals surface area (Å²) in [6.45, 7) is 9.24. The first-order chi connectivity index (χ1) is 16.6. The van der Waals surface area contributed by atoms with E-state index in [0.29, 0.717) is 24.1 Å². The van der Waals surface area contributed by atoms with Crippen molar-refractivity contribution in [3.8, 4) is 0 Å². The fraction of sp³-hybridized carbons (Fsp3) is 0.680. The molecule has 2 fully saturated rings. The van der Waals surface area contributed by atoms with Gasteiger partial charge in [0, 0.05) is 55.5 Å². The van der Waals surface area contributed by atoms with Gasteiger partial charge in [-0.15, -0.1) is 0 Å². The van der Waals surface area contributed by atoms with Crippen molar-refractivity contribution in [3.05, 3.63) is 35.1 Å². The molecule has 0 radical (unpaired) electrons. The number of piperidine rings is 1. The van der Waals surface area contributed by atoms with Gasteiger partial charge < -0.3 is 24.8 Å². The van der Waals surface area contributed by atoms with Crippen molar-refractivity contribution < 1.29 is 22.7 Å². The van der Waals surface area contributed by atoms with E-state index < -0.39 is 18.6 Å². The fourth-order valence-corrected chi connectivity index (χ4v) is 5.03. The molecule has 1 aromatic rings. The molecule has 1 spiro atoms. The molecule has 3 rings (SSSR count). The number of anilines is 1. The number of nitrogens with zero attached hydrogens (tertiary/aromatic N) is 3. The van der Waals surface area contributed by atoms with Gasteiger partial charge in [0.05, 0.1) is 12.7 Å². The van der Waals surface area contributed by atoms with Crippen molar-refractivity contribution in [2.75, 3.05) is 51.3 Å². The van der Waals surface area contributed by atoms with Crippen molar-refractivity contribution in [1.82, 2.24) is 15.2 Å². The molecule has 7 nitrogen and oxygen atoms in total. The maximum absolute atomic E-state index is 12.6. The second-order valence-corrected chi connectivity index (χ2v) is 9.54. The molecule has 1 aromatic heterocycles. The number of rotatable bonds is 9. The van der Waals surface area contributed by atoms with E-state index in [1.54, 1.807) is 6.92 Å². The molecule has 2 saturated heterocycles. The van der Waals surface area contributed by atoms with E-state index >= 15 is 0 Å². The zero-order valence-electron chi connectivity index (χ0n) is 21.2. The maximum Gasteiger partial charge on any atom is 0.405 e. The normalized spacial score (nSPS) is 19.7. The Morgan fingerprint density at radius 1 is 1.29 bits per heavy atom. The topological polar surface area (TPSA) is 70.9 Å². The SMILES string of the molecule is CCN=c1cc(N2CC3(CCNCC3)C2)ccn1C(C)C/C(OC)=C(\CC)C(=O)NCC(F)(F)F. The maximum atomic E-state index is 12.6. The Kier molecular flexibility index (Phi) is 8.90. The number of hydrogen-bond donors (Lipinski definition) is 2. The van der Waals surface area contributed by atoms with Gasteiger partial charge in [0.1, 0.15) is 17.8 Å². The van der Waals surface area contributed by atoms with Crippen LogP contribution in [0.2, 0.25) is 0 Å². The third-order valence-corrected chi connectivity index (χ3v) is 6.97. The highest BCUT2D eigenvalue weighted by Gasteiger charge is 2.43. The van der Waals surface area contributed by atoms with Crippen LogP contribution in [0.3, 0.4) is 0 Å². The van der Waals surface area contributed by atoms with Crippen LogP contribution in [0, 0.1) is 5.41 Å². The van der Waals surface area contributed by atoms with Gasteiger partial charge >= 0.3 is 6.18 Å². The largest absolute Gasteiger partial charge is 0.501 e. The number of allylic oxidation sites excluding steroid dienone is 1. The smallest absolute Gasteiger partial charge is 0.405 e. The number of methoxy groups -OCH3 is 1. The van der Waals surface area contributed by atoms with Crippen LogP contribution in [-0.4, -0.2) is 63.0 Å². The standard InChI is InChI=1S/C25H38F3N5O2/c1-5-20(23(34)31-15-25(26,27)28)21(35-4)13-18(3)33-12-7-19(14-22(33)30-6-2)32-16-24(17-32)8-10-29-11-9-24/h7,12,14,18,29H,5-6,8-11,13,15-17H2,1-4H3,(H,31,34)/b21-20-,30-22?. The highest BCUT2D eigenvalue weighted by atomic mass is 19.4. The molecule has 35 heavy (non-hydrogen) atoms. The van der Waals surface area contributed by atoms with Crippen molar-refractivity contribution in [2.45, 2.75) is 58.7 Å². The monoisotopic (exact) mass is 497 g/mol. The van der Waals surface area contributed by atoms with Crippen LogP contribution in [0.25, 0.3) is 0 Å². The van der Waals surface area contributed by atoms with Gasteiger partial charge in [-0.25, -0.2) is 0 Å². The van der Waals surface area contributed by atoms with Crippen molar-refractivity contribution in [1.29, 1.82) is 0 Å². The molecule has 0 aromatic carbocycles. The molecule has 196 valence electrons. The fourth-order valence-electron chi connectivity index (χ4n) is 5.03. The summed E-state index contributed by atoms with van der Waals surface area (Å²) in [5.41, 5.74) is 2.63. The number of pyridine rings is 1. The average Bonchev–Trinajstić information content (AvgIpc) is 2.81. The highest BCUT2D eigenvalue weighted by molar-refractivity contribution is 5.93. The van der Waals surface area contributed by atoms with E-state index in [1.165, 1.54) is 20.0 Å². The number of halogens is 3. The van der Waals surface area contributed by atoms with E-state index in [-0.39, 0.29) is 18.0 Å². The lowest BCUT2D eigenvalue weighted by Crippen LogP contribution is -2.60. The minimum Gasteiger partial charge on any atom is -0.501 e. The summed E-state index contributed by atoms with van der Waals surface area (Å²) in [6, 6.07) is 4.07. The lowest BCUT2D eigenvalue weighted by atomic mass is 9.72. The average molecular weight is 498 g/mol. The summed E-state index contributed by atoms with van der Waals surface area (Å²) in [5.74, 6) is -0.369. The van der Waals surface area contributed by atoms with Crippen molar-refractivity contribution in [3.63, 3.8) is 0 Å². The second kappa shape index (κ2) is 11.5. The van der Waals surface area contributed by atoms with Gasteiger partial charge in [0.25, 0.3) is 5.91 Å². The van der Waals surface area contributed by atoms with Crippen LogP contribution < -0.4 is 21.0 Å². The Morgan fingerprint density at radius 2 is 1.97 bits per heavy atom. The van der Waals surface area contributed by atoms with Gasteiger partial charge in [-0.2, -0.15) is 13.2 Å². The van der Waals surface area contributed by atoms with Crippen LogP contribution in [-0.2, 0) is 9.53 Å². The van der Waals surface area contributed by atoms with Gasteiger partial charge in [-0.1, -0.05) is 6.92 Å². The number of hydrogen-bond acceptors (Lipinski definition) is 5. The second-order valence-electron chi connectivity index (χ2n) is 9.54. The first kappa shape index (κ1) is 27.1. The van der Waals surface area contributed by atoms with Crippen LogP contribution >= 0.6 is 0 Å². The summed E-state index contributed by atoms with van der Waals surface area (Å²) >= 11 is 0. The van der Waals surface area contributed by atoms with Crippen LogP contribution in [0.4, 0.5) is 18.9 Å². The Balaban J connectivity index is 1.77. The quantitative estimate of drug-likeness (QED) is 0.405. The van der Waals surface area contributed by atoms with Crippen LogP contribution in [0.5, 0.6) is 0 Å². The zero-order chi connectivity index (χ0) is 25.6. The summed E-state index contributed by atoms with van der Waals surface area (Å²) in [6.07, 6.45) is 0.582. The van der Waals surface area contributed by atoms with Crippen molar-refractivity contribution >= 4 is 11.6 Å². The predicted molar refractivity (Wildman–Crippen MR) is 130 cm³/mol. The Labute approximate surface area is 205 Å². The number of alkyl halides is 3. The Hall–Kier alpha value is -2.49. The molecular weight excluding hydrogens is 459 g/mol. The Bertz CT molecular complexity index is 972. The molecule has 2 aliphatic rings. The van der Waals surface area contributed by atoms with E-state index in [2.05, 4.69) is 27.3 Å². The summed E-state index contributed by atoms with van der Waals surface area (Å²) in [4.78, 5) is 19.5. The number of amides is 1. The molecule has 0 aliphatic carbocycles. The first-order valence-corrected chi connectivity index (χ1v) is 12.4. The summed E-state index contributed by atoms with van der Waals surface area (Å²) in [7, 11) is 1.44. The molecule has 0 saturated carbocycles. The molecule has 2 N–H and O–H groups in total. The predicted octanol–water partition coefficient (Wildman–Crippen LogP) is 3.54. The summed E-state index contributed by atoms with van der Waals surface area (Å²) in [5, 5.41) is 5.39. The molecule has 1 amide bonds. The molecule has 1 unspecified atom stereocenters. The van der Waals surface area contributed by atoms with Crippen LogP contribution in [0.15, 0.2) is 34.7 Å². The Morgan fingerprint density at radius 3 is 2.54 bits per heavy atom. The number of nitrogens with one attached hydrogen (secondary N) is 2. The molecule has 1 atom stereocenters. The molecule has 10 heteroatoms. The minimum atomic E-state index is -4.47. The van der Waals surface area contributed by atoms with E-state index in [4.69, 9.17) is 4.74 Å². The molecule has 3 heterocycles. The van der Waals surface area contributed by atoms with Crippen molar-refractivity contribution in [2.24, 2.45) is 10.4 Å². The van der Waals surface area contributed by atoms with Gasteiger partial charge in [-0.05, 0) is 52.3 Å². The minimum absolute atomic E-state index is 0.117. The number of ether oxygens (including phenoxy) is 1. The summed E-state index contributed by atoms with van der Waals surface area (Å²) < 4.78 is 45.2. The third kappa shape index (κ3) is 6.80. The van der Waals surface area contributed by atoms with Gasteiger partial charge in [-0.3, -0.25) is 9.79 Å². The lowest BCUT2D eigenvalue weighted by molar-refractivity contribution is -0.136. The molecule has 2 aliphatic heterocycles.